The number of anilines is 1. The summed E-state index contributed by atoms with van der Waals surface area (Å²) in [5.41, 5.74) is 2.33. The van der Waals surface area contributed by atoms with Gasteiger partial charge < -0.3 is 15.0 Å². The molecule has 1 aromatic rings. The lowest BCUT2D eigenvalue weighted by molar-refractivity contribution is -0.140. The number of halogens is 1. The Morgan fingerprint density at radius 3 is 2.66 bits per heavy atom. The molecule has 2 amide bonds. The molecule has 2 atom stereocenters. The van der Waals surface area contributed by atoms with Crippen LogP contribution in [0.5, 0.6) is 0 Å². The minimum atomic E-state index is -0.340. The van der Waals surface area contributed by atoms with Gasteiger partial charge in [0.25, 0.3) is 0 Å². The van der Waals surface area contributed by atoms with Crippen LogP contribution in [-0.2, 0) is 20.9 Å². The topological polar surface area (TPSA) is 61.9 Å². The first-order chi connectivity index (χ1) is 15.4. The first-order valence-corrected chi connectivity index (χ1v) is 12.1. The number of benzene rings is 1. The zero-order valence-electron chi connectivity index (χ0n) is 19.4. The molecule has 4 rings (SSSR count). The molecule has 1 aromatic carbocycles. The van der Waals surface area contributed by atoms with E-state index in [1.807, 2.05) is 11.8 Å². The molecule has 1 unspecified atom stereocenters. The normalized spacial score (nSPS) is 24.8. The van der Waals surface area contributed by atoms with Crippen molar-refractivity contribution in [2.24, 2.45) is 11.8 Å². The zero-order valence-corrected chi connectivity index (χ0v) is 19.4. The molecule has 2 saturated heterocycles. The van der Waals surface area contributed by atoms with Crippen LogP contribution in [0.25, 0.3) is 0 Å². The Balaban J connectivity index is 1.36. The van der Waals surface area contributed by atoms with Gasteiger partial charge in [-0.1, -0.05) is 12.8 Å². The molecule has 3 aliphatic rings. The lowest BCUT2D eigenvalue weighted by atomic mass is 10.0. The highest BCUT2D eigenvalue weighted by Crippen LogP contribution is 2.29. The van der Waals surface area contributed by atoms with Crippen LogP contribution in [-0.4, -0.2) is 60.5 Å². The summed E-state index contributed by atoms with van der Waals surface area (Å²) in [5, 5.41) is 2.91. The smallest absolute Gasteiger partial charge is 0.226 e. The maximum absolute atomic E-state index is 14.4. The maximum Gasteiger partial charge on any atom is 0.226 e. The van der Waals surface area contributed by atoms with E-state index < -0.39 is 0 Å². The van der Waals surface area contributed by atoms with Crippen molar-refractivity contribution >= 4 is 17.5 Å². The van der Waals surface area contributed by atoms with Crippen LogP contribution in [0, 0.1) is 24.6 Å². The van der Waals surface area contributed by atoms with Crippen molar-refractivity contribution in [1.29, 1.82) is 0 Å². The number of nitrogens with one attached hydrogen (secondary N) is 1. The van der Waals surface area contributed by atoms with E-state index in [1.54, 1.807) is 6.07 Å². The Morgan fingerprint density at radius 1 is 1.19 bits per heavy atom. The van der Waals surface area contributed by atoms with Crippen LogP contribution < -0.4 is 5.32 Å². The summed E-state index contributed by atoms with van der Waals surface area (Å²) in [4.78, 5) is 29.6. The fourth-order valence-electron chi connectivity index (χ4n) is 5.39. The van der Waals surface area contributed by atoms with Gasteiger partial charge in [0.15, 0.2) is 0 Å². The number of nitrogens with zero attached hydrogens (tertiary/aromatic N) is 2. The third-order valence-electron chi connectivity index (χ3n) is 7.35. The van der Waals surface area contributed by atoms with E-state index in [9.17, 15) is 14.0 Å². The van der Waals surface area contributed by atoms with Crippen molar-refractivity contribution in [3.8, 4) is 0 Å². The Morgan fingerprint density at radius 2 is 1.97 bits per heavy atom. The van der Waals surface area contributed by atoms with E-state index in [0.29, 0.717) is 37.8 Å². The van der Waals surface area contributed by atoms with Crippen LogP contribution >= 0.6 is 0 Å². The minimum absolute atomic E-state index is 0.0900. The number of hydrogen-bond donors (Lipinski definition) is 1. The van der Waals surface area contributed by atoms with Gasteiger partial charge in [0, 0.05) is 63.5 Å². The van der Waals surface area contributed by atoms with Gasteiger partial charge in [0.05, 0.1) is 0 Å². The number of piperazine rings is 1. The number of carbonyl (C=O) groups is 2. The molecule has 0 bridgehead atoms. The number of carbonyl (C=O) groups excluding carboxylic acids is 2. The van der Waals surface area contributed by atoms with Gasteiger partial charge in [0.2, 0.25) is 11.8 Å². The Labute approximate surface area is 190 Å². The number of ether oxygens (including phenoxy) is 1. The molecule has 0 aromatic heterocycles. The molecular weight excluding hydrogens is 409 g/mol. The summed E-state index contributed by atoms with van der Waals surface area (Å²) in [6.07, 6.45) is 5.68. The molecule has 2 heterocycles. The summed E-state index contributed by atoms with van der Waals surface area (Å²) in [6, 6.07) is 3.12. The van der Waals surface area contributed by atoms with Crippen LogP contribution in [0.1, 0.15) is 56.6 Å². The zero-order chi connectivity index (χ0) is 22.7. The molecule has 6 nitrogen and oxygen atoms in total. The molecule has 32 heavy (non-hydrogen) atoms. The van der Waals surface area contributed by atoms with Crippen molar-refractivity contribution in [3.63, 3.8) is 0 Å². The van der Waals surface area contributed by atoms with Crippen molar-refractivity contribution < 1.29 is 18.7 Å². The molecular formula is C25H36FN3O3. The van der Waals surface area contributed by atoms with Crippen molar-refractivity contribution in [2.75, 3.05) is 38.2 Å². The van der Waals surface area contributed by atoms with Crippen LogP contribution in [0.4, 0.5) is 10.1 Å². The predicted molar refractivity (Wildman–Crippen MR) is 122 cm³/mol. The second-order valence-corrected chi connectivity index (χ2v) is 9.82. The lowest BCUT2D eigenvalue weighted by Crippen LogP contribution is -2.54. The van der Waals surface area contributed by atoms with Crippen LogP contribution in [0.15, 0.2) is 12.1 Å². The Kier molecular flexibility index (Phi) is 7.46. The highest BCUT2D eigenvalue weighted by Gasteiger charge is 2.33. The molecule has 0 spiro atoms. The second kappa shape index (κ2) is 10.3. The minimum Gasteiger partial charge on any atom is -0.381 e. The van der Waals surface area contributed by atoms with Gasteiger partial charge in [0.1, 0.15) is 5.82 Å². The average molecular weight is 446 g/mol. The Hall–Kier alpha value is -1.99. The fourth-order valence-corrected chi connectivity index (χ4v) is 5.39. The second-order valence-electron chi connectivity index (χ2n) is 9.82. The summed E-state index contributed by atoms with van der Waals surface area (Å²) >= 11 is 0. The van der Waals surface area contributed by atoms with Gasteiger partial charge >= 0.3 is 0 Å². The molecule has 1 N–H and O–H groups in total. The first-order valence-electron chi connectivity index (χ1n) is 12.1. The monoisotopic (exact) mass is 445 g/mol. The van der Waals surface area contributed by atoms with Gasteiger partial charge in [-0.3, -0.25) is 14.5 Å². The summed E-state index contributed by atoms with van der Waals surface area (Å²) in [5.74, 6) is 0.333. The third-order valence-corrected chi connectivity index (χ3v) is 7.35. The first kappa shape index (κ1) is 23.2. The van der Waals surface area contributed by atoms with E-state index in [0.717, 1.165) is 62.9 Å². The fraction of sp³-hybridized carbons (Fsp3) is 0.680. The van der Waals surface area contributed by atoms with Crippen LogP contribution in [0.2, 0.25) is 0 Å². The van der Waals surface area contributed by atoms with Gasteiger partial charge in [-0.05, 0) is 62.3 Å². The lowest BCUT2D eigenvalue weighted by Gasteiger charge is -2.41. The molecule has 1 aliphatic carbocycles. The summed E-state index contributed by atoms with van der Waals surface area (Å²) in [6.45, 7) is 8.26. The molecule has 2 aliphatic heterocycles. The maximum atomic E-state index is 14.4. The number of hydrogen-bond acceptors (Lipinski definition) is 4. The van der Waals surface area contributed by atoms with E-state index in [1.165, 1.54) is 6.07 Å². The van der Waals surface area contributed by atoms with E-state index >= 15 is 0 Å². The SMILES string of the molecule is Cc1c(CN2CCN(C(=O)C3CCCC3)[C@@H](C)C2)cc(F)cc1NC(=O)CC1CCOC1. The molecule has 3 fully saturated rings. The Bertz CT molecular complexity index is 834. The molecule has 176 valence electrons. The quantitative estimate of drug-likeness (QED) is 0.725. The highest BCUT2D eigenvalue weighted by molar-refractivity contribution is 5.91. The van der Waals surface area contributed by atoms with E-state index in [2.05, 4.69) is 17.1 Å². The summed E-state index contributed by atoms with van der Waals surface area (Å²) < 4.78 is 19.7. The summed E-state index contributed by atoms with van der Waals surface area (Å²) in [7, 11) is 0. The van der Waals surface area contributed by atoms with Gasteiger partial charge in [-0.2, -0.15) is 0 Å². The number of rotatable bonds is 6. The van der Waals surface area contributed by atoms with Crippen molar-refractivity contribution in [3.05, 3.63) is 29.1 Å². The standard InChI is InChI=1S/C25H36FN3O3/c1-17-14-28(8-9-29(17)25(31)20-5-3-4-6-20)15-21-12-22(26)13-23(18(21)2)27-24(30)11-19-7-10-32-16-19/h12-13,17,19-20H,3-11,14-16H2,1-2H3,(H,27,30)/t17-,19?/m0/s1. The predicted octanol–water partition coefficient (Wildman–Crippen LogP) is 3.72. The largest absolute Gasteiger partial charge is 0.381 e. The van der Waals surface area contributed by atoms with Gasteiger partial charge in [-0.25, -0.2) is 4.39 Å². The third kappa shape index (κ3) is 5.49. The van der Waals surface area contributed by atoms with Crippen molar-refractivity contribution in [1.82, 2.24) is 9.80 Å². The van der Waals surface area contributed by atoms with E-state index in [-0.39, 0.29) is 29.6 Å². The number of amides is 2. The molecule has 7 heteroatoms. The molecule has 0 radical (unpaired) electrons. The molecule has 1 saturated carbocycles. The average Bonchev–Trinajstić information content (AvgIpc) is 3.45. The van der Waals surface area contributed by atoms with Crippen LogP contribution in [0.3, 0.4) is 0 Å². The van der Waals surface area contributed by atoms with Gasteiger partial charge in [-0.15, -0.1) is 0 Å². The van der Waals surface area contributed by atoms with Crippen molar-refractivity contribution in [2.45, 2.75) is 65.0 Å². The van der Waals surface area contributed by atoms with E-state index in [4.69, 9.17) is 4.74 Å². The highest BCUT2D eigenvalue weighted by atomic mass is 19.1.